The van der Waals surface area contributed by atoms with Crippen LogP contribution in [0.4, 0.5) is 10.5 Å². The van der Waals surface area contributed by atoms with Gasteiger partial charge in [-0.1, -0.05) is 6.92 Å². The summed E-state index contributed by atoms with van der Waals surface area (Å²) < 4.78 is 5.16. The number of anilines is 1. The maximum atomic E-state index is 12.1. The third-order valence-corrected chi connectivity index (χ3v) is 3.36. The van der Waals surface area contributed by atoms with Gasteiger partial charge in [-0.05, 0) is 45.2 Å². The fourth-order valence-corrected chi connectivity index (χ4v) is 2.46. The van der Waals surface area contributed by atoms with Gasteiger partial charge in [0.05, 0.1) is 18.0 Å². The first-order valence-corrected chi connectivity index (χ1v) is 6.59. The lowest BCUT2D eigenvalue weighted by Crippen LogP contribution is -2.44. The maximum absolute atomic E-state index is 12.1. The van der Waals surface area contributed by atoms with Gasteiger partial charge in [0.15, 0.2) is 0 Å². The zero-order chi connectivity index (χ0) is 13.1. The van der Waals surface area contributed by atoms with Crippen molar-refractivity contribution in [3.63, 3.8) is 0 Å². The third kappa shape index (κ3) is 2.33. The van der Waals surface area contributed by atoms with Crippen LogP contribution in [0.15, 0.2) is 12.1 Å². The molecule has 1 amide bonds. The summed E-state index contributed by atoms with van der Waals surface area (Å²) in [6.07, 6.45) is 2.58. The van der Waals surface area contributed by atoms with Gasteiger partial charge >= 0.3 is 6.09 Å². The van der Waals surface area contributed by atoms with Gasteiger partial charge in [0.25, 0.3) is 0 Å². The number of rotatable bonds is 2. The smallest absolute Gasteiger partial charge is 0.414 e. The molecule has 0 aromatic carbocycles. The Morgan fingerprint density at radius 3 is 2.94 bits per heavy atom. The highest BCUT2D eigenvalue weighted by molar-refractivity contribution is 5.89. The van der Waals surface area contributed by atoms with Crippen LogP contribution >= 0.6 is 0 Å². The molecule has 0 bridgehead atoms. The highest BCUT2D eigenvalue weighted by atomic mass is 16.6. The van der Waals surface area contributed by atoms with Crippen molar-refractivity contribution in [1.82, 2.24) is 4.98 Å². The lowest BCUT2D eigenvalue weighted by atomic mass is 9.98. The molecule has 0 N–H and O–H groups in total. The molecule has 0 radical (unpaired) electrons. The van der Waals surface area contributed by atoms with Crippen LogP contribution in [0.2, 0.25) is 0 Å². The number of aromatic nitrogens is 1. The van der Waals surface area contributed by atoms with Gasteiger partial charge in [-0.15, -0.1) is 0 Å². The summed E-state index contributed by atoms with van der Waals surface area (Å²) in [5.41, 5.74) is 2.91. The quantitative estimate of drug-likeness (QED) is 0.807. The molecule has 4 nitrogen and oxygen atoms in total. The standard InChI is InChI=1S/C14H20N2O2/c1-4-11-7-8-12-13(9-6-10(3)15-12)16(11)14(17)18-5-2/h6,9,11H,4-5,7-8H2,1-3H3. The summed E-state index contributed by atoms with van der Waals surface area (Å²) in [6.45, 7) is 6.31. The molecule has 1 atom stereocenters. The Bertz CT molecular complexity index is 445. The zero-order valence-electron chi connectivity index (χ0n) is 11.3. The summed E-state index contributed by atoms with van der Waals surface area (Å²) in [4.78, 5) is 18.4. The number of pyridine rings is 1. The van der Waals surface area contributed by atoms with Crippen molar-refractivity contribution in [2.24, 2.45) is 0 Å². The van der Waals surface area contributed by atoms with Crippen LogP contribution in [0, 0.1) is 6.92 Å². The molecule has 98 valence electrons. The Kier molecular flexibility index (Phi) is 3.84. The van der Waals surface area contributed by atoms with E-state index in [1.54, 1.807) is 4.90 Å². The largest absolute Gasteiger partial charge is 0.449 e. The van der Waals surface area contributed by atoms with Gasteiger partial charge in [-0.3, -0.25) is 9.88 Å². The minimum absolute atomic E-state index is 0.223. The van der Waals surface area contributed by atoms with Crippen molar-refractivity contribution >= 4 is 11.8 Å². The molecule has 1 aliphatic rings. The van der Waals surface area contributed by atoms with Crippen molar-refractivity contribution in [1.29, 1.82) is 0 Å². The number of nitrogens with zero attached hydrogens (tertiary/aromatic N) is 2. The van der Waals surface area contributed by atoms with E-state index in [0.29, 0.717) is 6.61 Å². The van der Waals surface area contributed by atoms with Crippen molar-refractivity contribution in [2.75, 3.05) is 11.5 Å². The van der Waals surface area contributed by atoms with E-state index in [0.717, 1.165) is 36.3 Å². The number of carbonyl (C=O) groups is 1. The van der Waals surface area contributed by atoms with E-state index in [2.05, 4.69) is 11.9 Å². The molecule has 0 aliphatic carbocycles. The van der Waals surface area contributed by atoms with Gasteiger partial charge < -0.3 is 4.74 Å². The topological polar surface area (TPSA) is 42.4 Å². The molecular formula is C14H20N2O2. The van der Waals surface area contributed by atoms with E-state index >= 15 is 0 Å². The number of amides is 1. The number of carbonyl (C=O) groups excluding carboxylic acids is 1. The average Bonchev–Trinajstić information content (AvgIpc) is 2.37. The summed E-state index contributed by atoms with van der Waals surface area (Å²) >= 11 is 0. The molecule has 4 heteroatoms. The number of aryl methyl sites for hydroxylation is 2. The second kappa shape index (κ2) is 5.38. The van der Waals surface area contributed by atoms with E-state index in [1.807, 2.05) is 26.0 Å². The molecule has 18 heavy (non-hydrogen) atoms. The minimum atomic E-state index is -0.254. The van der Waals surface area contributed by atoms with E-state index in [1.165, 1.54) is 0 Å². The SMILES string of the molecule is CCOC(=O)N1c2ccc(C)nc2CCC1CC. The summed E-state index contributed by atoms with van der Waals surface area (Å²) in [5, 5.41) is 0. The van der Waals surface area contributed by atoms with Gasteiger partial charge in [0.1, 0.15) is 0 Å². The Morgan fingerprint density at radius 2 is 2.28 bits per heavy atom. The predicted molar refractivity (Wildman–Crippen MR) is 70.9 cm³/mol. The first-order valence-electron chi connectivity index (χ1n) is 6.59. The van der Waals surface area contributed by atoms with E-state index in [4.69, 9.17) is 4.74 Å². The van der Waals surface area contributed by atoms with E-state index in [-0.39, 0.29) is 12.1 Å². The lowest BCUT2D eigenvalue weighted by Gasteiger charge is -2.35. The summed E-state index contributed by atoms with van der Waals surface area (Å²) in [7, 11) is 0. The molecule has 0 saturated heterocycles. The van der Waals surface area contributed by atoms with Crippen LogP contribution in [0.25, 0.3) is 0 Å². The molecule has 1 aromatic rings. The van der Waals surface area contributed by atoms with Crippen LogP contribution in [-0.2, 0) is 11.2 Å². The normalized spacial score (nSPS) is 18.4. The third-order valence-electron chi connectivity index (χ3n) is 3.36. The van der Waals surface area contributed by atoms with Crippen LogP contribution in [0.1, 0.15) is 38.1 Å². The molecule has 2 heterocycles. The van der Waals surface area contributed by atoms with Gasteiger partial charge in [-0.2, -0.15) is 0 Å². The fraction of sp³-hybridized carbons (Fsp3) is 0.571. The number of hydrogen-bond acceptors (Lipinski definition) is 3. The molecule has 1 aromatic heterocycles. The summed E-state index contributed by atoms with van der Waals surface area (Å²) in [5.74, 6) is 0. The molecular weight excluding hydrogens is 228 g/mol. The second-order valence-electron chi connectivity index (χ2n) is 4.59. The molecule has 0 spiro atoms. The van der Waals surface area contributed by atoms with Crippen molar-refractivity contribution in [3.8, 4) is 0 Å². The Balaban J connectivity index is 2.37. The highest BCUT2D eigenvalue weighted by Crippen LogP contribution is 2.31. The van der Waals surface area contributed by atoms with Crippen LogP contribution in [0.3, 0.4) is 0 Å². The summed E-state index contributed by atoms with van der Waals surface area (Å²) in [6, 6.07) is 4.15. The average molecular weight is 248 g/mol. The fourth-order valence-electron chi connectivity index (χ4n) is 2.46. The Hall–Kier alpha value is -1.58. The Morgan fingerprint density at radius 1 is 1.50 bits per heavy atom. The van der Waals surface area contributed by atoms with E-state index < -0.39 is 0 Å². The lowest BCUT2D eigenvalue weighted by molar-refractivity contribution is 0.155. The van der Waals surface area contributed by atoms with Crippen LogP contribution < -0.4 is 4.90 Å². The molecule has 0 fully saturated rings. The van der Waals surface area contributed by atoms with Crippen LogP contribution in [0.5, 0.6) is 0 Å². The zero-order valence-corrected chi connectivity index (χ0v) is 11.3. The Labute approximate surface area is 108 Å². The molecule has 2 rings (SSSR count). The minimum Gasteiger partial charge on any atom is -0.449 e. The first-order chi connectivity index (χ1) is 8.67. The monoisotopic (exact) mass is 248 g/mol. The predicted octanol–water partition coefficient (Wildman–Crippen LogP) is 3.08. The molecule has 1 unspecified atom stereocenters. The number of ether oxygens (including phenoxy) is 1. The highest BCUT2D eigenvalue weighted by Gasteiger charge is 2.31. The molecule has 0 saturated carbocycles. The van der Waals surface area contributed by atoms with Crippen molar-refractivity contribution < 1.29 is 9.53 Å². The molecule has 1 aliphatic heterocycles. The first kappa shape index (κ1) is 12.9. The van der Waals surface area contributed by atoms with Crippen LogP contribution in [-0.4, -0.2) is 23.7 Å². The van der Waals surface area contributed by atoms with Crippen molar-refractivity contribution in [3.05, 3.63) is 23.5 Å². The van der Waals surface area contributed by atoms with Crippen molar-refractivity contribution in [2.45, 2.75) is 46.1 Å². The van der Waals surface area contributed by atoms with E-state index in [9.17, 15) is 4.79 Å². The van der Waals surface area contributed by atoms with Gasteiger partial charge in [-0.25, -0.2) is 4.79 Å². The van der Waals surface area contributed by atoms with Gasteiger partial charge in [0.2, 0.25) is 0 Å². The second-order valence-corrected chi connectivity index (χ2v) is 4.59. The maximum Gasteiger partial charge on any atom is 0.414 e. The number of fused-ring (bicyclic) bond motifs is 1. The van der Waals surface area contributed by atoms with Gasteiger partial charge in [0, 0.05) is 11.7 Å². The number of hydrogen-bond donors (Lipinski definition) is 0.